The van der Waals surface area contributed by atoms with Crippen molar-refractivity contribution >= 4 is 56.6 Å². The van der Waals surface area contributed by atoms with Gasteiger partial charge in [-0.2, -0.15) is 0 Å². The van der Waals surface area contributed by atoms with Gasteiger partial charge in [0.25, 0.3) is 5.91 Å². The van der Waals surface area contributed by atoms with Crippen LogP contribution in [-0.4, -0.2) is 35.8 Å². The van der Waals surface area contributed by atoms with Crippen LogP contribution >= 0.6 is 39.1 Å². The Bertz CT molecular complexity index is 844. The number of benzene rings is 2. The molecule has 0 aliphatic carbocycles. The molecule has 1 heterocycles. The SMILES string of the molecule is CC1C(=O)N(c2cccc(Br)c2)CCN1C(=O)c1ccc(Cl)c(Cl)c1. The predicted octanol–water partition coefficient (Wildman–Crippen LogP) is 4.63. The van der Waals surface area contributed by atoms with Crippen molar-refractivity contribution in [2.75, 3.05) is 18.0 Å². The normalized spacial score (nSPS) is 17.8. The third-order valence-corrected chi connectivity index (χ3v) is 5.44. The molecule has 130 valence electrons. The summed E-state index contributed by atoms with van der Waals surface area (Å²) in [5, 5.41) is 0.709. The lowest BCUT2D eigenvalue weighted by Gasteiger charge is -2.39. The molecule has 0 aromatic heterocycles. The summed E-state index contributed by atoms with van der Waals surface area (Å²) in [7, 11) is 0. The highest BCUT2D eigenvalue weighted by atomic mass is 79.9. The van der Waals surface area contributed by atoms with Crippen LogP contribution in [0.5, 0.6) is 0 Å². The van der Waals surface area contributed by atoms with E-state index in [1.165, 1.54) is 6.07 Å². The number of carbonyl (C=O) groups excluding carboxylic acids is 2. The number of hydrogen-bond acceptors (Lipinski definition) is 2. The Balaban J connectivity index is 1.81. The fraction of sp³-hybridized carbons (Fsp3) is 0.222. The lowest BCUT2D eigenvalue weighted by Crippen LogP contribution is -2.57. The summed E-state index contributed by atoms with van der Waals surface area (Å²) in [5.74, 6) is -0.342. The second kappa shape index (κ2) is 7.36. The van der Waals surface area contributed by atoms with Crippen molar-refractivity contribution in [1.82, 2.24) is 4.90 Å². The van der Waals surface area contributed by atoms with Crippen LogP contribution in [0.25, 0.3) is 0 Å². The summed E-state index contributed by atoms with van der Waals surface area (Å²) in [6.07, 6.45) is 0. The topological polar surface area (TPSA) is 40.6 Å². The van der Waals surface area contributed by atoms with Crippen LogP contribution in [0.3, 0.4) is 0 Å². The first-order valence-electron chi connectivity index (χ1n) is 7.71. The minimum Gasteiger partial charge on any atom is -0.325 e. The van der Waals surface area contributed by atoms with Crippen molar-refractivity contribution in [2.45, 2.75) is 13.0 Å². The minimum absolute atomic E-state index is 0.113. The van der Waals surface area contributed by atoms with Crippen molar-refractivity contribution in [3.8, 4) is 0 Å². The Morgan fingerprint density at radius 1 is 1.12 bits per heavy atom. The van der Waals surface area contributed by atoms with Crippen molar-refractivity contribution < 1.29 is 9.59 Å². The van der Waals surface area contributed by atoms with Crippen molar-refractivity contribution in [3.63, 3.8) is 0 Å². The van der Waals surface area contributed by atoms with E-state index in [0.717, 1.165) is 10.2 Å². The smallest absolute Gasteiger partial charge is 0.254 e. The molecule has 0 bridgehead atoms. The van der Waals surface area contributed by atoms with Gasteiger partial charge in [0.2, 0.25) is 5.91 Å². The van der Waals surface area contributed by atoms with Gasteiger partial charge in [-0.25, -0.2) is 0 Å². The van der Waals surface area contributed by atoms with Crippen LogP contribution in [0, 0.1) is 0 Å². The zero-order chi connectivity index (χ0) is 18.1. The van der Waals surface area contributed by atoms with E-state index in [4.69, 9.17) is 23.2 Å². The Morgan fingerprint density at radius 3 is 2.56 bits per heavy atom. The predicted molar refractivity (Wildman–Crippen MR) is 103 cm³/mol. The maximum Gasteiger partial charge on any atom is 0.254 e. The first-order chi connectivity index (χ1) is 11.9. The molecule has 7 heteroatoms. The average Bonchev–Trinajstić information content (AvgIpc) is 2.59. The van der Waals surface area contributed by atoms with Gasteiger partial charge in [-0.1, -0.05) is 45.2 Å². The lowest BCUT2D eigenvalue weighted by atomic mass is 10.1. The molecule has 25 heavy (non-hydrogen) atoms. The van der Waals surface area contributed by atoms with Crippen molar-refractivity contribution in [3.05, 3.63) is 62.5 Å². The number of piperazine rings is 1. The molecule has 1 fully saturated rings. The van der Waals surface area contributed by atoms with Gasteiger partial charge in [-0.05, 0) is 43.3 Å². The average molecular weight is 442 g/mol. The molecule has 0 radical (unpaired) electrons. The Hall–Kier alpha value is -1.56. The second-order valence-electron chi connectivity index (χ2n) is 5.77. The molecule has 1 saturated heterocycles. The summed E-state index contributed by atoms with van der Waals surface area (Å²) >= 11 is 15.3. The first kappa shape index (κ1) is 18.2. The van der Waals surface area contributed by atoms with Gasteiger partial charge in [-0.15, -0.1) is 0 Å². The molecule has 1 aliphatic heterocycles. The number of halogens is 3. The Kier molecular flexibility index (Phi) is 5.37. The van der Waals surface area contributed by atoms with Crippen molar-refractivity contribution in [2.24, 2.45) is 0 Å². The largest absolute Gasteiger partial charge is 0.325 e. The van der Waals surface area contributed by atoms with Gasteiger partial charge in [0, 0.05) is 28.8 Å². The van der Waals surface area contributed by atoms with E-state index in [0.29, 0.717) is 28.7 Å². The molecule has 0 spiro atoms. The number of amides is 2. The lowest BCUT2D eigenvalue weighted by molar-refractivity contribution is -0.124. The molecule has 0 saturated carbocycles. The van der Waals surface area contributed by atoms with E-state index in [1.54, 1.807) is 28.9 Å². The van der Waals surface area contributed by atoms with E-state index in [1.807, 2.05) is 24.3 Å². The summed E-state index contributed by atoms with van der Waals surface area (Å²) < 4.78 is 0.903. The van der Waals surface area contributed by atoms with Gasteiger partial charge in [0.1, 0.15) is 6.04 Å². The standard InChI is InChI=1S/C18H15BrCl2N2O2/c1-11-17(24)23(14-4-2-3-13(19)10-14)8-7-22(11)18(25)12-5-6-15(20)16(21)9-12/h2-6,9-11H,7-8H2,1H3. The van der Waals surface area contributed by atoms with Crippen LogP contribution < -0.4 is 4.90 Å². The molecule has 0 N–H and O–H groups in total. The molecule has 1 unspecified atom stereocenters. The molecule has 2 aromatic rings. The molecule has 2 aromatic carbocycles. The molecule has 4 nitrogen and oxygen atoms in total. The number of nitrogens with zero attached hydrogens (tertiary/aromatic N) is 2. The highest BCUT2D eigenvalue weighted by molar-refractivity contribution is 9.10. The second-order valence-corrected chi connectivity index (χ2v) is 7.50. The maximum absolute atomic E-state index is 12.8. The van der Waals surface area contributed by atoms with E-state index in [-0.39, 0.29) is 11.8 Å². The van der Waals surface area contributed by atoms with Crippen LogP contribution in [-0.2, 0) is 4.79 Å². The summed E-state index contributed by atoms with van der Waals surface area (Å²) in [4.78, 5) is 28.8. The first-order valence-corrected chi connectivity index (χ1v) is 9.26. The number of carbonyl (C=O) groups is 2. The quantitative estimate of drug-likeness (QED) is 0.681. The fourth-order valence-corrected chi connectivity index (χ4v) is 3.53. The maximum atomic E-state index is 12.8. The van der Waals surface area contributed by atoms with Crippen LogP contribution in [0.1, 0.15) is 17.3 Å². The Morgan fingerprint density at radius 2 is 1.88 bits per heavy atom. The van der Waals surface area contributed by atoms with Gasteiger partial charge < -0.3 is 9.80 Å². The molecular weight excluding hydrogens is 427 g/mol. The van der Waals surface area contributed by atoms with E-state index in [2.05, 4.69) is 15.9 Å². The molecule has 1 atom stereocenters. The fourth-order valence-electron chi connectivity index (χ4n) is 2.84. The highest BCUT2D eigenvalue weighted by Gasteiger charge is 2.35. The number of hydrogen-bond donors (Lipinski definition) is 0. The summed E-state index contributed by atoms with van der Waals surface area (Å²) in [5.41, 5.74) is 1.23. The van der Waals surface area contributed by atoms with Crippen molar-refractivity contribution in [1.29, 1.82) is 0 Å². The van der Waals surface area contributed by atoms with E-state index < -0.39 is 6.04 Å². The van der Waals surface area contributed by atoms with E-state index in [9.17, 15) is 9.59 Å². The minimum atomic E-state index is -0.560. The van der Waals surface area contributed by atoms with Gasteiger partial charge in [0.15, 0.2) is 0 Å². The van der Waals surface area contributed by atoms with Gasteiger partial charge in [-0.3, -0.25) is 9.59 Å². The Labute approximate surface area is 164 Å². The summed E-state index contributed by atoms with van der Waals surface area (Å²) in [6, 6.07) is 11.7. The third kappa shape index (κ3) is 3.68. The zero-order valence-corrected chi connectivity index (χ0v) is 16.5. The summed E-state index contributed by atoms with van der Waals surface area (Å²) in [6.45, 7) is 2.62. The molecule has 1 aliphatic rings. The van der Waals surface area contributed by atoms with Crippen LogP contribution in [0.15, 0.2) is 46.9 Å². The third-order valence-electron chi connectivity index (χ3n) is 4.20. The highest BCUT2D eigenvalue weighted by Crippen LogP contribution is 2.26. The van der Waals surface area contributed by atoms with Gasteiger partial charge in [0.05, 0.1) is 10.0 Å². The van der Waals surface area contributed by atoms with Crippen LogP contribution in [0.2, 0.25) is 10.0 Å². The molecule has 3 rings (SSSR count). The zero-order valence-electron chi connectivity index (χ0n) is 13.4. The van der Waals surface area contributed by atoms with E-state index >= 15 is 0 Å². The van der Waals surface area contributed by atoms with Crippen LogP contribution in [0.4, 0.5) is 5.69 Å². The number of anilines is 1. The monoisotopic (exact) mass is 440 g/mol. The molecule has 2 amide bonds. The number of rotatable bonds is 2. The molecular formula is C18H15BrCl2N2O2. The van der Waals surface area contributed by atoms with Gasteiger partial charge >= 0.3 is 0 Å².